The summed E-state index contributed by atoms with van der Waals surface area (Å²) in [7, 11) is 0. The van der Waals surface area contributed by atoms with Crippen LogP contribution in [0.5, 0.6) is 0 Å². The first-order chi connectivity index (χ1) is 11.8. The number of carbonyl (C=O) groups excluding carboxylic acids is 1. The first-order valence-corrected chi connectivity index (χ1v) is 6.89. The molecule has 0 saturated heterocycles. The van der Waals surface area contributed by atoms with Gasteiger partial charge in [-0.3, -0.25) is 0 Å². The van der Waals surface area contributed by atoms with Gasteiger partial charge in [0.15, 0.2) is 5.82 Å². The largest absolute Gasteiger partial charge is 0.543 e. The van der Waals surface area contributed by atoms with Gasteiger partial charge in [-0.2, -0.15) is 18.3 Å². The number of alkyl halides is 3. The van der Waals surface area contributed by atoms with Crippen molar-refractivity contribution < 1.29 is 23.1 Å². The van der Waals surface area contributed by atoms with Gasteiger partial charge in [0.2, 0.25) is 0 Å². The topological polar surface area (TPSA) is 114 Å². The summed E-state index contributed by atoms with van der Waals surface area (Å²) in [5, 5.41) is 24.4. The summed E-state index contributed by atoms with van der Waals surface area (Å²) in [6.07, 6.45) is -3.42. The number of pyridine rings is 1. The van der Waals surface area contributed by atoms with E-state index in [0.29, 0.717) is 4.68 Å². The number of carbonyl (C=O) groups is 1. The highest BCUT2D eigenvalue weighted by Gasteiger charge is 2.38. The molecule has 0 aromatic carbocycles. The molecule has 0 spiro atoms. The second kappa shape index (κ2) is 6.12. The monoisotopic (exact) mass is 372 g/mol. The van der Waals surface area contributed by atoms with Crippen molar-refractivity contribution in [2.24, 2.45) is 0 Å². The van der Waals surface area contributed by atoms with Gasteiger partial charge in [0.1, 0.15) is 0 Å². The minimum atomic E-state index is -4.77. The minimum Gasteiger partial charge on any atom is -0.543 e. The highest BCUT2D eigenvalue weighted by Crippen LogP contribution is 2.27. The number of hydrogen-bond acceptors (Lipinski definition) is 7. The van der Waals surface area contributed by atoms with E-state index < -0.39 is 30.2 Å². The van der Waals surface area contributed by atoms with Gasteiger partial charge in [-0.1, -0.05) is 11.6 Å². The average molecular weight is 373 g/mol. The van der Waals surface area contributed by atoms with Crippen LogP contribution in [0.25, 0.3) is 5.82 Å². The Bertz CT molecular complexity index is 937. The molecule has 3 rings (SSSR count). The molecule has 0 aliphatic rings. The van der Waals surface area contributed by atoms with Crippen LogP contribution in [0.4, 0.5) is 13.2 Å². The molecule has 0 amide bonds. The fourth-order valence-corrected chi connectivity index (χ4v) is 2.22. The lowest BCUT2D eigenvalue weighted by molar-refractivity contribution is -0.255. The van der Waals surface area contributed by atoms with Crippen molar-refractivity contribution >= 4 is 17.6 Å². The Kier molecular flexibility index (Phi) is 4.12. The van der Waals surface area contributed by atoms with Gasteiger partial charge < -0.3 is 9.90 Å². The number of halogens is 4. The molecule has 0 unspecified atom stereocenters. The van der Waals surface area contributed by atoms with Crippen molar-refractivity contribution in [1.29, 1.82) is 0 Å². The first-order valence-electron chi connectivity index (χ1n) is 6.52. The maximum atomic E-state index is 12.8. The lowest BCUT2D eigenvalue weighted by Crippen LogP contribution is -2.25. The van der Waals surface area contributed by atoms with Crippen molar-refractivity contribution in [2.45, 2.75) is 12.7 Å². The number of carboxylic acids is 1. The summed E-state index contributed by atoms with van der Waals surface area (Å²) in [5.41, 5.74) is -0.490. The Morgan fingerprint density at radius 2 is 2.12 bits per heavy atom. The highest BCUT2D eigenvalue weighted by atomic mass is 35.5. The summed E-state index contributed by atoms with van der Waals surface area (Å²) in [6.45, 7) is -0.514. The Hall–Kier alpha value is -3.02. The van der Waals surface area contributed by atoms with E-state index in [1.165, 1.54) is 18.3 Å². The molecule has 0 saturated carbocycles. The van der Waals surface area contributed by atoms with Crippen LogP contribution in [0.15, 0.2) is 24.4 Å². The normalized spacial score (nSPS) is 11.7. The Labute approximate surface area is 141 Å². The molecule has 0 atom stereocenters. The van der Waals surface area contributed by atoms with Crippen LogP contribution in [0, 0.1) is 0 Å². The number of carboxylic acid groups (broad SMARTS) is 1. The van der Waals surface area contributed by atoms with Gasteiger partial charge in [0.05, 0.1) is 28.9 Å². The van der Waals surface area contributed by atoms with Crippen LogP contribution in [0.2, 0.25) is 5.02 Å². The number of aromatic nitrogens is 7. The summed E-state index contributed by atoms with van der Waals surface area (Å²) in [6, 6.07) is 4.00. The van der Waals surface area contributed by atoms with Gasteiger partial charge in [0.25, 0.3) is 5.82 Å². The molecule has 25 heavy (non-hydrogen) atoms. The molecule has 3 aromatic rings. The molecule has 0 aliphatic heterocycles. The second-order valence-electron chi connectivity index (χ2n) is 4.69. The molecule has 0 N–H and O–H groups in total. The van der Waals surface area contributed by atoms with Crippen molar-refractivity contribution in [3.63, 3.8) is 0 Å². The number of aromatic carboxylic acids is 1. The molecule has 0 fully saturated rings. The number of tetrazole rings is 1. The molecular weight excluding hydrogens is 367 g/mol. The van der Waals surface area contributed by atoms with Gasteiger partial charge in [-0.05, 0) is 28.6 Å². The van der Waals surface area contributed by atoms with Crippen molar-refractivity contribution in [3.05, 3.63) is 46.6 Å². The summed E-state index contributed by atoms with van der Waals surface area (Å²) in [5.74, 6) is -2.96. The van der Waals surface area contributed by atoms with E-state index in [2.05, 4.69) is 25.6 Å². The zero-order valence-corrected chi connectivity index (χ0v) is 12.7. The molecule has 3 heterocycles. The Morgan fingerprint density at radius 1 is 1.36 bits per heavy atom. The number of rotatable bonds is 4. The van der Waals surface area contributed by atoms with Crippen LogP contribution in [0.1, 0.15) is 22.0 Å². The maximum Gasteiger partial charge on any atom is 0.453 e. The van der Waals surface area contributed by atoms with E-state index in [4.69, 9.17) is 11.6 Å². The van der Waals surface area contributed by atoms with Crippen LogP contribution < -0.4 is 5.11 Å². The van der Waals surface area contributed by atoms with Gasteiger partial charge >= 0.3 is 6.18 Å². The molecule has 130 valence electrons. The van der Waals surface area contributed by atoms with Crippen molar-refractivity contribution in [3.8, 4) is 5.82 Å². The molecule has 0 bridgehead atoms. The van der Waals surface area contributed by atoms with E-state index in [-0.39, 0.29) is 16.5 Å². The number of nitrogens with zero attached hydrogens (tertiary/aromatic N) is 7. The van der Waals surface area contributed by atoms with Crippen LogP contribution >= 0.6 is 11.6 Å². The first kappa shape index (κ1) is 16.8. The molecular formula is C12H6ClF3N7O2-. The SMILES string of the molecule is O=C([O-])c1cc(Cn2nnnc2C(F)(F)F)nn1-c1ncccc1Cl. The zero-order valence-electron chi connectivity index (χ0n) is 12.0. The van der Waals surface area contributed by atoms with Gasteiger partial charge in [-0.15, -0.1) is 5.10 Å². The summed E-state index contributed by atoms with van der Waals surface area (Å²) < 4.78 is 39.7. The Balaban J connectivity index is 2.03. The van der Waals surface area contributed by atoms with E-state index in [1.54, 1.807) is 0 Å². The molecule has 13 heteroatoms. The average Bonchev–Trinajstić information content (AvgIpc) is 3.14. The predicted molar refractivity (Wildman–Crippen MR) is 72.6 cm³/mol. The van der Waals surface area contributed by atoms with E-state index in [9.17, 15) is 23.1 Å². The predicted octanol–water partition coefficient (Wildman–Crippen LogP) is 0.338. The van der Waals surface area contributed by atoms with Gasteiger partial charge in [0, 0.05) is 6.20 Å². The third kappa shape index (κ3) is 3.28. The van der Waals surface area contributed by atoms with Crippen LogP contribution in [-0.4, -0.2) is 40.9 Å². The lowest BCUT2D eigenvalue weighted by atomic mass is 10.3. The fraction of sp³-hybridized carbons (Fsp3) is 0.167. The fourth-order valence-electron chi connectivity index (χ4n) is 2.02. The second-order valence-corrected chi connectivity index (χ2v) is 5.09. The third-order valence-corrected chi connectivity index (χ3v) is 3.30. The Morgan fingerprint density at radius 3 is 2.76 bits per heavy atom. The molecule has 3 aromatic heterocycles. The van der Waals surface area contributed by atoms with Crippen molar-refractivity contribution in [1.82, 2.24) is 35.0 Å². The van der Waals surface area contributed by atoms with E-state index in [0.717, 1.165) is 10.7 Å². The standard InChI is InChI=1S/C12H7ClF3N7O2/c13-7-2-1-3-17-9(7)23-8(10(24)25)4-6(19-23)5-22-11(12(14,15)16)18-20-21-22/h1-4H,5H2,(H,24,25)/p-1. The molecule has 9 nitrogen and oxygen atoms in total. The quantitative estimate of drug-likeness (QED) is 0.648. The van der Waals surface area contributed by atoms with Crippen LogP contribution in [0.3, 0.4) is 0 Å². The minimum absolute atomic E-state index is 0.0117. The van der Waals surface area contributed by atoms with Crippen LogP contribution in [-0.2, 0) is 12.7 Å². The van der Waals surface area contributed by atoms with E-state index >= 15 is 0 Å². The molecule has 0 aliphatic carbocycles. The number of hydrogen-bond donors (Lipinski definition) is 0. The summed E-state index contributed by atoms with van der Waals surface area (Å²) in [4.78, 5) is 15.2. The third-order valence-electron chi connectivity index (χ3n) is 3.01. The van der Waals surface area contributed by atoms with E-state index in [1.807, 2.05) is 0 Å². The van der Waals surface area contributed by atoms with Crippen molar-refractivity contribution in [2.75, 3.05) is 0 Å². The summed E-state index contributed by atoms with van der Waals surface area (Å²) >= 11 is 5.95. The lowest BCUT2D eigenvalue weighted by Gasteiger charge is -2.08. The highest BCUT2D eigenvalue weighted by molar-refractivity contribution is 6.32. The van der Waals surface area contributed by atoms with Gasteiger partial charge in [-0.25, -0.2) is 14.3 Å². The zero-order chi connectivity index (χ0) is 18.2. The maximum absolute atomic E-state index is 12.8. The smallest absolute Gasteiger partial charge is 0.453 e. The molecule has 0 radical (unpaired) electrons.